The topological polar surface area (TPSA) is 84.7 Å². The highest BCUT2D eigenvalue weighted by atomic mass is 16.5. The third kappa shape index (κ3) is 5.10. The van der Waals surface area contributed by atoms with Gasteiger partial charge in [-0.1, -0.05) is 30.3 Å². The molecule has 2 aromatic carbocycles. The number of hydrogen-bond donors (Lipinski definition) is 2. The summed E-state index contributed by atoms with van der Waals surface area (Å²) in [5.74, 6) is -0.00926. The molecule has 1 aliphatic rings. The Kier molecular flexibility index (Phi) is 6.66. The molecule has 2 amide bonds. The first kappa shape index (κ1) is 19.9. The molecule has 2 aromatic rings. The summed E-state index contributed by atoms with van der Waals surface area (Å²) in [6.07, 6.45) is 1.78. The minimum Gasteiger partial charge on any atom is -0.480 e. The Bertz CT molecular complexity index is 814. The fraction of sp³-hybridized carbons (Fsp3) is 0.364. The molecule has 28 heavy (non-hydrogen) atoms. The van der Waals surface area contributed by atoms with Gasteiger partial charge in [-0.15, -0.1) is 0 Å². The van der Waals surface area contributed by atoms with Crippen LogP contribution in [0.3, 0.4) is 0 Å². The molecule has 3 rings (SSSR count). The molecule has 0 saturated carbocycles. The van der Waals surface area contributed by atoms with Crippen LogP contribution in [0, 0.1) is 0 Å². The quantitative estimate of drug-likeness (QED) is 0.736. The molecule has 1 heterocycles. The number of rotatable bonds is 8. The minimum absolute atomic E-state index is 0.0716. The lowest BCUT2D eigenvalue weighted by Gasteiger charge is -2.16. The number of para-hydroxylation sites is 1. The van der Waals surface area contributed by atoms with Crippen molar-refractivity contribution in [3.05, 3.63) is 54.1 Å². The fourth-order valence-corrected chi connectivity index (χ4v) is 3.29. The molecule has 6 heteroatoms. The van der Waals surface area contributed by atoms with Gasteiger partial charge in [-0.3, -0.25) is 9.59 Å². The molecule has 1 fully saturated rings. The molecule has 0 aromatic heterocycles. The first-order valence-electron chi connectivity index (χ1n) is 9.70. The van der Waals surface area contributed by atoms with Crippen molar-refractivity contribution >= 4 is 11.8 Å². The summed E-state index contributed by atoms with van der Waals surface area (Å²) in [5, 5.41) is 2.98. The summed E-state index contributed by atoms with van der Waals surface area (Å²) in [7, 11) is 0. The lowest BCUT2D eigenvalue weighted by atomic mass is 10.0. The maximum absolute atomic E-state index is 12.3. The number of hydrogen-bond acceptors (Lipinski definition) is 4. The second kappa shape index (κ2) is 9.37. The maximum atomic E-state index is 12.3. The highest BCUT2D eigenvalue weighted by Crippen LogP contribution is 2.30. The number of carbonyl (C=O) groups is 2. The predicted molar refractivity (Wildman–Crippen MR) is 109 cm³/mol. The van der Waals surface area contributed by atoms with Crippen molar-refractivity contribution in [2.75, 3.05) is 26.2 Å². The van der Waals surface area contributed by atoms with E-state index in [9.17, 15) is 9.59 Å². The van der Waals surface area contributed by atoms with Gasteiger partial charge in [-0.2, -0.15) is 0 Å². The van der Waals surface area contributed by atoms with Crippen LogP contribution in [0.2, 0.25) is 0 Å². The van der Waals surface area contributed by atoms with Crippen molar-refractivity contribution in [1.82, 2.24) is 10.2 Å². The molecule has 6 nitrogen and oxygen atoms in total. The number of likely N-dealkylation sites (tertiary alicyclic amines) is 1. The van der Waals surface area contributed by atoms with E-state index in [-0.39, 0.29) is 5.91 Å². The van der Waals surface area contributed by atoms with Crippen molar-refractivity contribution in [3.8, 4) is 16.9 Å². The third-order valence-electron chi connectivity index (χ3n) is 4.96. The zero-order valence-corrected chi connectivity index (χ0v) is 16.2. The Labute approximate surface area is 165 Å². The number of amides is 2. The van der Waals surface area contributed by atoms with E-state index in [0.29, 0.717) is 17.9 Å². The largest absolute Gasteiger partial charge is 0.480 e. The molecule has 0 aliphatic carbocycles. The lowest BCUT2D eigenvalue weighted by Crippen LogP contribution is -2.33. The number of nitrogens with two attached hydrogens (primary N) is 1. The number of primary amides is 1. The van der Waals surface area contributed by atoms with E-state index in [2.05, 4.69) is 10.2 Å². The van der Waals surface area contributed by atoms with Gasteiger partial charge in [0.05, 0.1) is 0 Å². The van der Waals surface area contributed by atoms with Crippen LogP contribution < -0.4 is 15.8 Å². The number of benzene rings is 2. The summed E-state index contributed by atoms with van der Waals surface area (Å²) in [6.45, 7) is 5.42. The van der Waals surface area contributed by atoms with Crippen molar-refractivity contribution in [3.63, 3.8) is 0 Å². The molecule has 0 spiro atoms. The van der Waals surface area contributed by atoms with Gasteiger partial charge >= 0.3 is 0 Å². The van der Waals surface area contributed by atoms with E-state index in [4.69, 9.17) is 10.5 Å². The Hall–Kier alpha value is -2.86. The van der Waals surface area contributed by atoms with Gasteiger partial charge in [-0.05, 0) is 56.6 Å². The molecule has 1 saturated heterocycles. The molecule has 148 valence electrons. The molecule has 0 unspecified atom stereocenters. The van der Waals surface area contributed by atoms with Crippen LogP contribution >= 0.6 is 0 Å². The smallest absolute Gasteiger partial charge is 0.258 e. The molecule has 1 atom stereocenters. The van der Waals surface area contributed by atoms with Crippen LogP contribution in [0.15, 0.2) is 48.5 Å². The highest BCUT2D eigenvalue weighted by molar-refractivity contribution is 5.94. The second-order valence-electron chi connectivity index (χ2n) is 7.04. The van der Waals surface area contributed by atoms with Gasteiger partial charge in [0.15, 0.2) is 6.10 Å². The predicted octanol–water partition coefficient (Wildman–Crippen LogP) is 2.43. The molecular formula is C22H27N3O3. The first-order valence-corrected chi connectivity index (χ1v) is 9.70. The molecule has 0 radical (unpaired) electrons. The number of nitrogens with zero attached hydrogens (tertiary/aromatic N) is 1. The highest BCUT2D eigenvalue weighted by Gasteiger charge is 2.15. The van der Waals surface area contributed by atoms with Gasteiger partial charge in [0.1, 0.15) is 5.75 Å². The van der Waals surface area contributed by atoms with E-state index in [1.165, 1.54) is 12.8 Å². The van der Waals surface area contributed by atoms with E-state index < -0.39 is 12.0 Å². The third-order valence-corrected chi connectivity index (χ3v) is 4.96. The SMILES string of the molecule is C[C@@H](Oc1ccccc1-c1ccc(C(=O)NCCN2CCCC2)cc1)C(N)=O. The van der Waals surface area contributed by atoms with Gasteiger partial charge in [-0.25, -0.2) is 0 Å². The van der Waals surface area contributed by atoms with Crippen LogP contribution in [0.4, 0.5) is 0 Å². The van der Waals surface area contributed by atoms with Crippen molar-refractivity contribution in [2.45, 2.75) is 25.9 Å². The Morgan fingerprint density at radius 2 is 1.79 bits per heavy atom. The number of nitrogens with one attached hydrogen (secondary N) is 1. The Morgan fingerprint density at radius 3 is 2.46 bits per heavy atom. The van der Waals surface area contributed by atoms with Gasteiger partial charge in [0, 0.05) is 24.2 Å². The maximum Gasteiger partial charge on any atom is 0.258 e. The summed E-state index contributed by atoms with van der Waals surface area (Å²) in [4.78, 5) is 26.0. The van der Waals surface area contributed by atoms with Crippen molar-refractivity contribution in [1.29, 1.82) is 0 Å². The van der Waals surface area contributed by atoms with Crippen LogP contribution in [0.5, 0.6) is 5.75 Å². The fourth-order valence-electron chi connectivity index (χ4n) is 3.29. The van der Waals surface area contributed by atoms with E-state index in [0.717, 1.165) is 30.8 Å². The second-order valence-corrected chi connectivity index (χ2v) is 7.04. The normalized spacial score (nSPS) is 15.2. The van der Waals surface area contributed by atoms with Crippen LogP contribution in [0.25, 0.3) is 11.1 Å². The van der Waals surface area contributed by atoms with Crippen molar-refractivity contribution < 1.29 is 14.3 Å². The van der Waals surface area contributed by atoms with Crippen molar-refractivity contribution in [2.24, 2.45) is 5.73 Å². The summed E-state index contributed by atoms with van der Waals surface area (Å²) >= 11 is 0. The van der Waals surface area contributed by atoms with Crippen LogP contribution in [-0.4, -0.2) is 49.0 Å². The van der Waals surface area contributed by atoms with Gasteiger partial charge in [0.2, 0.25) is 0 Å². The lowest BCUT2D eigenvalue weighted by molar-refractivity contribution is -0.123. The van der Waals surface area contributed by atoms with Crippen LogP contribution in [0.1, 0.15) is 30.1 Å². The monoisotopic (exact) mass is 381 g/mol. The standard InChI is InChI=1S/C22H27N3O3/c1-16(21(23)26)28-20-7-3-2-6-19(20)17-8-10-18(11-9-17)22(27)24-12-15-25-13-4-5-14-25/h2-3,6-11,16H,4-5,12-15H2,1H3,(H2,23,26)(H,24,27)/t16-/m1/s1. The zero-order chi connectivity index (χ0) is 19.9. The van der Waals surface area contributed by atoms with Gasteiger partial charge in [0.25, 0.3) is 11.8 Å². The van der Waals surface area contributed by atoms with Crippen LogP contribution in [-0.2, 0) is 4.79 Å². The Balaban J connectivity index is 1.64. The van der Waals surface area contributed by atoms with E-state index >= 15 is 0 Å². The number of carbonyl (C=O) groups excluding carboxylic acids is 2. The first-order chi connectivity index (χ1) is 13.5. The summed E-state index contributed by atoms with van der Waals surface area (Å²) in [5.41, 5.74) is 7.66. The average Bonchev–Trinajstić information content (AvgIpc) is 3.22. The van der Waals surface area contributed by atoms with Gasteiger partial charge < -0.3 is 20.7 Å². The molecule has 1 aliphatic heterocycles. The van der Waals surface area contributed by atoms with E-state index in [1.807, 2.05) is 30.3 Å². The molecule has 0 bridgehead atoms. The summed E-state index contributed by atoms with van der Waals surface area (Å²) < 4.78 is 5.68. The molecular weight excluding hydrogens is 354 g/mol. The number of ether oxygens (including phenoxy) is 1. The average molecular weight is 381 g/mol. The Morgan fingerprint density at radius 1 is 1.11 bits per heavy atom. The minimum atomic E-state index is -0.721. The molecule has 3 N–H and O–H groups in total. The zero-order valence-electron chi connectivity index (χ0n) is 16.2. The van der Waals surface area contributed by atoms with E-state index in [1.54, 1.807) is 25.1 Å². The summed E-state index contributed by atoms with van der Waals surface area (Å²) in [6, 6.07) is 14.8.